The van der Waals surface area contributed by atoms with Gasteiger partial charge in [-0.25, -0.2) is 0 Å². The van der Waals surface area contributed by atoms with Crippen LogP contribution in [0, 0.1) is 0 Å². The lowest BCUT2D eigenvalue weighted by Gasteiger charge is -2.31. The number of aliphatic hydroxyl groups excluding tert-OH is 1. The van der Waals surface area contributed by atoms with Gasteiger partial charge in [0.2, 0.25) is 5.91 Å². The van der Waals surface area contributed by atoms with E-state index < -0.39 is 6.10 Å². The van der Waals surface area contributed by atoms with Crippen molar-refractivity contribution in [3.63, 3.8) is 0 Å². The van der Waals surface area contributed by atoms with Crippen molar-refractivity contribution in [3.05, 3.63) is 0 Å². The summed E-state index contributed by atoms with van der Waals surface area (Å²) in [6, 6.07) is 0.186. The minimum Gasteiger partial charge on any atom is -0.384 e. The Morgan fingerprint density at radius 2 is 2.13 bits per heavy atom. The quantitative estimate of drug-likeness (QED) is 0.697. The first-order valence-electron chi connectivity index (χ1n) is 5.54. The van der Waals surface area contributed by atoms with Gasteiger partial charge in [0.15, 0.2) is 0 Å². The fourth-order valence-corrected chi connectivity index (χ4v) is 1.81. The third-order valence-corrected chi connectivity index (χ3v) is 2.86. The summed E-state index contributed by atoms with van der Waals surface area (Å²) in [7, 11) is 0. The van der Waals surface area contributed by atoms with E-state index in [1.165, 1.54) is 6.92 Å². The molecule has 0 aliphatic carbocycles. The van der Waals surface area contributed by atoms with E-state index in [1.807, 2.05) is 0 Å². The van der Waals surface area contributed by atoms with Gasteiger partial charge in [0.1, 0.15) is 6.10 Å². The Hall–Kier alpha value is -0.610. The van der Waals surface area contributed by atoms with Crippen molar-refractivity contribution < 1.29 is 9.90 Å². The molecule has 0 aromatic rings. The standard InChI is InChI=1S/C11H22N2O2/c1-8(14)10(15)12-9-5-6-13(7-9)11(2,3)4/h8-9,14H,5-7H2,1-4H3,(H,12,15)/t8-,9?/m0/s1. The summed E-state index contributed by atoms with van der Waals surface area (Å²) >= 11 is 0. The molecule has 1 amide bonds. The number of nitrogens with zero attached hydrogens (tertiary/aromatic N) is 1. The topological polar surface area (TPSA) is 52.6 Å². The van der Waals surface area contributed by atoms with Crippen molar-refractivity contribution in [1.29, 1.82) is 0 Å². The van der Waals surface area contributed by atoms with Crippen LogP contribution in [0.1, 0.15) is 34.1 Å². The maximum absolute atomic E-state index is 11.3. The average Bonchev–Trinajstić information content (AvgIpc) is 2.51. The zero-order valence-corrected chi connectivity index (χ0v) is 10.1. The minimum absolute atomic E-state index is 0.157. The first-order chi connectivity index (χ1) is 6.80. The first-order valence-corrected chi connectivity index (χ1v) is 5.54. The Bertz CT molecular complexity index is 233. The number of hydrogen-bond acceptors (Lipinski definition) is 3. The van der Waals surface area contributed by atoms with E-state index in [2.05, 4.69) is 31.0 Å². The van der Waals surface area contributed by atoms with Gasteiger partial charge in [-0.1, -0.05) is 0 Å². The van der Waals surface area contributed by atoms with Crippen molar-refractivity contribution in [2.75, 3.05) is 13.1 Å². The summed E-state index contributed by atoms with van der Waals surface area (Å²) in [4.78, 5) is 13.6. The molecule has 2 atom stereocenters. The Labute approximate surface area is 91.6 Å². The van der Waals surface area contributed by atoms with Gasteiger partial charge in [0.25, 0.3) is 0 Å². The second-order valence-electron chi connectivity index (χ2n) is 5.29. The highest BCUT2D eigenvalue weighted by Gasteiger charge is 2.31. The maximum atomic E-state index is 11.3. The Balaban J connectivity index is 2.41. The van der Waals surface area contributed by atoms with E-state index in [-0.39, 0.29) is 17.5 Å². The molecule has 1 unspecified atom stereocenters. The molecular weight excluding hydrogens is 192 g/mol. The van der Waals surface area contributed by atoms with Gasteiger partial charge >= 0.3 is 0 Å². The van der Waals surface area contributed by atoms with Crippen molar-refractivity contribution >= 4 is 5.91 Å². The van der Waals surface area contributed by atoms with Crippen LogP contribution >= 0.6 is 0 Å². The molecule has 2 N–H and O–H groups in total. The zero-order valence-electron chi connectivity index (χ0n) is 10.1. The van der Waals surface area contributed by atoms with Crippen LogP contribution < -0.4 is 5.32 Å². The third-order valence-electron chi connectivity index (χ3n) is 2.86. The van der Waals surface area contributed by atoms with Crippen LogP contribution in [-0.4, -0.2) is 46.7 Å². The number of rotatable bonds is 2. The molecule has 0 radical (unpaired) electrons. The number of hydrogen-bond donors (Lipinski definition) is 2. The van der Waals surface area contributed by atoms with E-state index >= 15 is 0 Å². The van der Waals surface area contributed by atoms with Crippen LogP contribution in [0.2, 0.25) is 0 Å². The molecule has 4 heteroatoms. The highest BCUT2D eigenvalue weighted by molar-refractivity contribution is 5.80. The van der Waals surface area contributed by atoms with E-state index in [0.717, 1.165) is 19.5 Å². The molecule has 0 aromatic heterocycles. The molecule has 0 spiro atoms. The largest absolute Gasteiger partial charge is 0.384 e. The highest BCUT2D eigenvalue weighted by Crippen LogP contribution is 2.20. The van der Waals surface area contributed by atoms with Crippen LogP contribution in [0.4, 0.5) is 0 Å². The van der Waals surface area contributed by atoms with Crippen LogP contribution in [0.3, 0.4) is 0 Å². The number of likely N-dealkylation sites (tertiary alicyclic amines) is 1. The first kappa shape index (κ1) is 12.5. The fourth-order valence-electron chi connectivity index (χ4n) is 1.81. The van der Waals surface area contributed by atoms with E-state index in [4.69, 9.17) is 5.11 Å². The molecular formula is C11H22N2O2. The molecule has 4 nitrogen and oxygen atoms in total. The summed E-state index contributed by atoms with van der Waals surface area (Å²) < 4.78 is 0. The number of nitrogens with one attached hydrogen (secondary N) is 1. The SMILES string of the molecule is C[C@H](O)C(=O)NC1CCN(C(C)(C)C)C1. The number of aliphatic hydroxyl groups is 1. The summed E-state index contributed by atoms with van der Waals surface area (Å²) in [5.74, 6) is -0.268. The molecule has 0 saturated carbocycles. The van der Waals surface area contributed by atoms with Crippen LogP contribution in [0.5, 0.6) is 0 Å². The predicted molar refractivity (Wildman–Crippen MR) is 59.6 cm³/mol. The third kappa shape index (κ3) is 3.47. The lowest BCUT2D eigenvalue weighted by molar-refractivity contribution is -0.129. The Morgan fingerprint density at radius 1 is 1.53 bits per heavy atom. The van der Waals surface area contributed by atoms with Crippen molar-refractivity contribution in [1.82, 2.24) is 10.2 Å². The van der Waals surface area contributed by atoms with Crippen molar-refractivity contribution in [2.45, 2.75) is 51.8 Å². The number of carbonyl (C=O) groups is 1. The van der Waals surface area contributed by atoms with Gasteiger partial charge in [0, 0.05) is 24.7 Å². The van der Waals surface area contributed by atoms with Crippen LogP contribution in [-0.2, 0) is 4.79 Å². The number of amides is 1. The Morgan fingerprint density at radius 3 is 2.53 bits per heavy atom. The lowest BCUT2D eigenvalue weighted by atomic mass is 10.1. The average molecular weight is 214 g/mol. The predicted octanol–water partition coefficient (Wildman–Crippen LogP) is 0.356. The molecule has 0 aromatic carbocycles. The van der Waals surface area contributed by atoms with Gasteiger partial charge in [-0.2, -0.15) is 0 Å². The normalized spacial score (nSPS) is 25.3. The summed E-state index contributed by atoms with van der Waals surface area (Å²) in [6.45, 7) is 9.89. The maximum Gasteiger partial charge on any atom is 0.248 e. The second kappa shape index (κ2) is 4.49. The molecule has 88 valence electrons. The van der Waals surface area contributed by atoms with Gasteiger partial charge < -0.3 is 10.4 Å². The van der Waals surface area contributed by atoms with Gasteiger partial charge in [-0.3, -0.25) is 9.69 Å². The van der Waals surface area contributed by atoms with Crippen molar-refractivity contribution in [2.24, 2.45) is 0 Å². The van der Waals surface area contributed by atoms with E-state index in [0.29, 0.717) is 0 Å². The zero-order chi connectivity index (χ0) is 11.6. The minimum atomic E-state index is -0.909. The van der Waals surface area contributed by atoms with E-state index in [1.54, 1.807) is 0 Å². The second-order valence-corrected chi connectivity index (χ2v) is 5.29. The lowest BCUT2D eigenvalue weighted by Crippen LogP contribution is -2.45. The summed E-state index contributed by atoms with van der Waals surface area (Å²) in [6.07, 6.45) is 0.0594. The molecule has 0 bridgehead atoms. The molecule has 15 heavy (non-hydrogen) atoms. The van der Waals surface area contributed by atoms with Gasteiger partial charge in [-0.05, 0) is 34.1 Å². The van der Waals surface area contributed by atoms with Gasteiger partial charge in [0.05, 0.1) is 0 Å². The summed E-state index contributed by atoms with van der Waals surface area (Å²) in [5, 5.41) is 11.9. The molecule has 1 aliphatic rings. The fraction of sp³-hybridized carbons (Fsp3) is 0.909. The molecule has 1 heterocycles. The molecule has 1 fully saturated rings. The van der Waals surface area contributed by atoms with E-state index in [9.17, 15) is 4.79 Å². The monoisotopic (exact) mass is 214 g/mol. The molecule has 1 rings (SSSR count). The van der Waals surface area contributed by atoms with Gasteiger partial charge in [-0.15, -0.1) is 0 Å². The molecule has 1 aliphatic heterocycles. The van der Waals surface area contributed by atoms with Crippen LogP contribution in [0.15, 0.2) is 0 Å². The van der Waals surface area contributed by atoms with Crippen LogP contribution in [0.25, 0.3) is 0 Å². The highest BCUT2D eigenvalue weighted by atomic mass is 16.3. The van der Waals surface area contributed by atoms with Crippen molar-refractivity contribution in [3.8, 4) is 0 Å². The smallest absolute Gasteiger partial charge is 0.248 e. The summed E-state index contributed by atoms with van der Waals surface area (Å²) in [5.41, 5.74) is 0.157. The number of carbonyl (C=O) groups excluding carboxylic acids is 1. The molecule has 1 saturated heterocycles. The Kier molecular flexibility index (Phi) is 3.73.